The van der Waals surface area contributed by atoms with Gasteiger partial charge in [0.2, 0.25) is 11.8 Å². The van der Waals surface area contributed by atoms with Crippen molar-refractivity contribution in [1.82, 2.24) is 10.6 Å². The van der Waals surface area contributed by atoms with Crippen LogP contribution in [0.4, 0.5) is 10.5 Å². The summed E-state index contributed by atoms with van der Waals surface area (Å²) >= 11 is 0. The normalized spacial score (nSPS) is 16.0. The van der Waals surface area contributed by atoms with Crippen molar-refractivity contribution in [3.8, 4) is 0 Å². The van der Waals surface area contributed by atoms with E-state index in [0.29, 0.717) is 0 Å². The molecule has 2 rings (SSSR count). The molecule has 0 bridgehead atoms. The van der Waals surface area contributed by atoms with Crippen molar-refractivity contribution in [3.05, 3.63) is 29.8 Å². The first-order chi connectivity index (χ1) is 8.97. The highest BCUT2D eigenvalue weighted by Gasteiger charge is 2.33. The molecule has 100 valence electrons. The van der Waals surface area contributed by atoms with Crippen molar-refractivity contribution in [2.75, 3.05) is 19.0 Å². The van der Waals surface area contributed by atoms with E-state index in [2.05, 4.69) is 10.6 Å². The predicted molar refractivity (Wildman–Crippen MR) is 69.6 cm³/mol. The molecule has 1 fully saturated rings. The second-order valence-corrected chi connectivity index (χ2v) is 4.63. The second kappa shape index (κ2) is 5.09. The molecule has 0 saturated carbocycles. The minimum Gasteiger partial charge on any atom is -0.378 e. The van der Waals surface area contributed by atoms with Crippen LogP contribution < -0.4 is 15.5 Å². The van der Waals surface area contributed by atoms with Gasteiger partial charge in [0.25, 0.3) is 0 Å². The fraction of sp³-hybridized carbons (Fsp3) is 0.308. The zero-order chi connectivity index (χ0) is 14.0. The quantitative estimate of drug-likeness (QED) is 0.766. The average molecular weight is 261 g/mol. The SMILES string of the molecule is CN(C)c1ccc(CC2C(=O)NC(=O)NC2=O)cc1. The number of imide groups is 2. The Morgan fingerprint density at radius 1 is 1.00 bits per heavy atom. The van der Waals surface area contributed by atoms with Crippen molar-refractivity contribution in [2.45, 2.75) is 6.42 Å². The third kappa shape index (κ3) is 2.90. The number of nitrogens with one attached hydrogen (secondary N) is 2. The topological polar surface area (TPSA) is 78.5 Å². The number of urea groups is 1. The summed E-state index contributed by atoms with van der Waals surface area (Å²) in [5, 5.41) is 4.18. The summed E-state index contributed by atoms with van der Waals surface area (Å²) in [4.78, 5) is 36.1. The first-order valence-electron chi connectivity index (χ1n) is 5.89. The molecule has 0 unspecified atom stereocenters. The summed E-state index contributed by atoms with van der Waals surface area (Å²) in [6.45, 7) is 0. The van der Waals surface area contributed by atoms with Crippen LogP contribution in [0.1, 0.15) is 5.56 Å². The van der Waals surface area contributed by atoms with E-state index in [9.17, 15) is 14.4 Å². The molecule has 1 aromatic carbocycles. The van der Waals surface area contributed by atoms with Crippen LogP contribution in [0.2, 0.25) is 0 Å². The summed E-state index contributed by atoms with van der Waals surface area (Å²) in [6, 6.07) is 6.81. The second-order valence-electron chi connectivity index (χ2n) is 4.63. The first-order valence-corrected chi connectivity index (χ1v) is 5.89. The molecule has 1 aliphatic rings. The van der Waals surface area contributed by atoms with E-state index in [-0.39, 0.29) is 6.42 Å². The Kier molecular flexibility index (Phi) is 3.50. The largest absolute Gasteiger partial charge is 0.378 e. The number of hydrogen-bond acceptors (Lipinski definition) is 4. The molecule has 19 heavy (non-hydrogen) atoms. The summed E-state index contributed by atoms with van der Waals surface area (Å²) < 4.78 is 0. The molecule has 2 N–H and O–H groups in total. The molecular weight excluding hydrogens is 246 g/mol. The van der Waals surface area contributed by atoms with Gasteiger partial charge >= 0.3 is 6.03 Å². The van der Waals surface area contributed by atoms with Crippen LogP contribution in [-0.2, 0) is 16.0 Å². The lowest BCUT2D eigenvalue weighted by Gasteiger charge is -2.20. The smallest absolute Gasteiger partial charge is 0.328 e. The van der Waals surface area contributed by atoms with Crippen LogP contribution >= 0.6 is 0 Å². The van der Waals surface area contributed by atoms with E-state index in [1.807, 2.05) is 43.3 Å². The minimum atomic E-state index is -0.858. The molecule has 1 aliphatic heterocycles. The number of rotatable bonds is 3. The molecule has 1 saturated heterocycles. The molecule has 0 aromatic heterocycles. The summed E-state index contributed by atoms with van der Waals surface area (Å²) in [6.07, 6.45) is 0.276. The maximum atomic E-state index is 11.6. The monoisotopic (exact) mass is 261 g/mol. The van der Waals surface area contributed by atoms with E-state index in [1.54, 1.807) is 0 Å². The lowest BCUT2D eigenvalue weighted by molar-refractivity contribution is -0.135. The number of nitrogens with zero attached hydrogens (tertiary/aromatic N) is 1. The van der Waals surface area contributed by atoms with Crippen molar-refractivity contribution < 1.29 is 14.4 Å². The Labute approximate surface area is 110 Å². The van der Waals surface area contributed by atoms with Crippen LogP contribution in [-0.4, -0.2) is 31.9 Å². The van der Waals surface area contributed by atoms with Crippen molar-refractivity contribution >= 4 is 23.5 Å². The number of hydrogen-bond donors (Lipinski definition) is 2. The predicted octanol–water partition coefficient (Wildman–Crippen LogP) is 0.277. The van der Waals surface area contributed by atoms with Gasteiger partial charge in [-0.1, -0.05) is 12.1 Å². The molecule has 0 atom stereocenters. The molecule has 1 heterocycles. The van der Waals surface area contributed by atoms with Gasteiger partial charge in [-0.05, 0) is 24.1 Å². The van der Waals surface area contributed by atoms with Gasteiger partial charge < -0.3 is 4.90 Å². The fourth-order valence-corrected chi connectivity index (χ4v) is 1.90. The van der Waals surface area contributed by atoms with Crippen molar-refractivity contribution in [3.63, 3.8) is 0 Å². The highest BCUT2D eigenvalue weighted by molar-refractivity contribution is 6.16. The van der Waals surface area contributed by atoms with Crippen LogP contribution in [0.3, 0.4) is 0 Å². The zero-order valence-corrected chi connectivity index (χ0v) is 10.8. The van der Waals surface area contributed by atoms with Crippen LogP contribution in [0.25, 0.3) is 0 Å². The fourth-order valence-electron chi connectivity index (χ4n) is 1.90. The van der Waals surface area contributed by atoms with E-state index in [0.717, 1.165) is 11.3 Å². The maximum Gasteiger partial charge on any atom is 0.328 e. The Hall–Kier alpha value is -2.37. The van der Waals surface area contributed by atoms with Gasteiger partial charge in [-0.15, -0.1) is 0 Å². The van der Waals surface area contributed by atoms with Crippen molar-refractivity contribution in [2.24, 2.45) is 5.92 Å². The Balaban J connectivity index is 2.10. The van der Waals surface area contributed by atoms with Crippen molar-refractivity contribution in [1.29, 1.82) is 0 Å². The standard InChI is InChI=1S/C13H15N3O3/c1-16(2)9-5-3-8(4-6-9)7-10-11(17)14-13(19)15-12(10)18/h3-6,10H,7H2,1-2H3,(H2,14,15,17,18,19). The number of carbonyl (C=O) groups is 3. The molecule has 1 aromatic rings. The number of benzene rings is 1. The van der Waals surface area contributed by atoms with Gasteiger partial charge in [-0.3, -0.25) is 20.2 Å². The van der Waals surface area contributed by atoms with Crippen LogP contribution in [0.5, 0.6) is 0 Å². The summed E-state index contributed by atoms with van der Waals surface area (Å²) in [5.41, 5.74) is 1.91. The number of amides is 4. The lowest BCUT2D eigenvalue weighted by Crippen LogP contribution is -2.56. The zero-order valence-electron chi connectivity index (χ0n) is 10.8. The minimum absolute atomic E-state index is 0.276. The van der Waals surface area contributed by atoms with Gasteiger partial charge in [0.15, 0.2) is 0 Å². The van der Waals surface area contributed by atoms with Gasteiger partial charge in [0.1, 0.15) is 5.92 Å². The van der Waals surface area contributed by atoms with E-state index in [1.165, 1.54) is 0 Å². The number of anilines is 1. The van der Waals surface area contributed by atoms with Crippen LogP contribution in [0.15, 0.2) is 24.3 Å². The van der Waals surface area contributed by atoms with Gasteiger partial charge in [-0.25, -0.2) is 4.79 Å². The van der Waals surface area contributed by atoms with Crippen LogP contribution in [0, 0.1) is 5.92 Å². The van der Waals surface area contributed by atoms with E-state index < -0.39 is 23.8 Å². The average Bonchev–Trinajstić information content (AvgIpc) is 2.34. The molecular formula is C13H15N3O3. The first kappa shape index (κ1) is 13.1. The highest BCUT2D eigenvalue weighted by atomic mass is 16.2. The Morgan fingerprint density at radius 3 is 2.00 bits per heavy atom. The Bertz CT molecular complexity index is 502. The highest BCUT2D eigenvalue weighted by Crippen LogP contribution is 2.16. The van der Waals surface area contributed by atoms with Gasteiger partial charge in [0.05, 0.1) is 0 Å². The molecule has 0 aliphatic carbocycles. The summed E-state index contributed by atoms with van der Waals surface area (Å²) in [7, 11) is 3.87. The van der Waals surface area contributed by atoms with E-state index >= 15 is 0 Å². The lowest BCUT2D eigenvalue weighted by atomic mass is 9.96. The Morgan fingerprint density at radius 2 is 1.53 bits per heavy atom. The molecule has 0 spiro atoms. The third-order valence-corrected chi connectivity index (χ3v) is 3.00. The van der Waals surface area contributed by atoms with Gasteiger partial charge in [0, 0.05) is 19.8 Å². The third-order valence-electron chi connectivity index (χ3n) is 3.00. The maximum absolute atomic E-state index is 11.6. The molecule has 6 heteroatoms. The summed E-state index contributed by atoms with van der Waals surface area (Å²) in [5.74, 6) is -1.96. The molecule has 4 amide bonds. The number of carbonyl (C=O) groups excluding carboxylic acids is 3. The molecule has 0 radical (unpaired) electrons. The van der Waals surface area contributed by atoms with Gasteiger partial charge in [-0.2, -0.15) is 0 Å². The number of barbiturate groups is 1. The van der Waals surface area contributed by atoms with E-state index in [4.69, 9.17) is 0 Å². The molecule has 6 nitrogen and oxygen atoms in total.